The molecule has 2 amide bonds. The molecule has 1 saturated carbocycles. The molecule has 2 aliphatic heterocycles. The maximum atomic E-state index is 13.0. The number of piperidine rings is 1. The van der Waals surface area contributed by atoms with Crippen molar-refractivity contribution in [3.8, 4) is 0 Å². The second-order valence-electron chi connectivity index (χ2n) is 7.58. The third-order valence-electron chi connectivity index (χ3n) is 5.86. The van der Waals surface area contributed by atoms with E-state index in [4.69, 9.17) is 4.42 Å². The van der Waals surface area contributed by atoms with Crippen molar-refractivity contribution in [1.82, 2.24) is 9.80 Å². The van der Waals surface area contributed by atoms with Crippen LogP contribution in [0.15, 0.2) is 22.8 Å². The van der Waals surface area contributed by atoms with Gasteiger partial charge in [-0.05, 0) is 44.2 Å². The van der Waals surface area contributed by atoms with Crippen LogP contribution in [0.5, 0.6) is 0 Å². The summed E-state index contributed by atoms with van der Waals surface area (Å²) in [6.45, 7) is 2.84. The van der Waals surface area contributed by atoms with Gasteiger partial charge in [-0.25, -0.2) is 4.39 Å². The molecule has 1 aromatic heterocycles. The highest BCUT2D eigenvalue weighted by molar-refractivity contribution is 5.91. The van der Waals surface area contributed by atoms with Crippen LogP contribution in [-0.4, -0.2) is 54.0 Å². The summed E-state index contributed by atoms with van der Waals surface area (Å²) in [5, 5.41) is 0. The number of nitrogens with zero attached hydrogens (tertiary/aromatic N) is 2. The first kappa shape index (κ1) is 15.7. The van der Waals surface area contributed by atoms with E-state index in [0.29, 0.717) is 31.7 Å². The van der Waals surface area contributed by atoms with Crippen molar-refractivity contribution in [1.29, 1.82) is 0 Å². The third-order valence-corrected chi connectivity index (χ3v) is 5.86. The van der Waals surface area contributed by atoms with Gasteiger partial charge >= 0.3 is 0 Å². The van der Waals surface area contributed by atoms with E-state index >= 15 is 0 Å². The number of halogens is 1. The highest BCUT2D eigenvalue weighted by atomic mass is 19.1. The summed E-state index contributed by atoms with van der Waals surface area (Å²) < 4.78 is 18.2. The molecule has 1 spiro atoms. The van der Waals surface area contributed by atoms with Crippen molar-refractivity contribution in [2.45, 2.75) is 38.3 Å². The van der Waals surface area contributed by atoms with Gasteiger partial charge in [0.2, 0.25) is 5.91 Å². The normalized spacial score (nSPS) is 32.9. The van der Waals surface area contributed by atoms with Crippen LogP contribution < -0.4 is 0 Å². The van der Waals surface area contributed by atoms with E-state index in [1.807, 2.05) is 9.80 Å². The maximum Gasteiger partial charge on any atom is 0.289 e. The van der Waals surface area contributed by atoms with E-state index in [0.717, 1.165) is 32.4 Å². The standard InChI is InChI=1S/C18H23FN2O3/c19-14-9-13(10-14)16(22)21-7-5-18(12-21)4-2-6-20(11-18)17(23)15-3-1-8-24-15/h1,3,8,13-14H,2,4-7,9-12H2. The maximum absolute atomic E-state index is 13.0. The van der Waals surface area contributed by atoms with Crippen LogP contribution in [0.3, 0.4) is 0 Å². The van der Waals surface area contributed by atoms with Crippen molar-refractivity contribution in [2.24, 2.45) is 11.3 Å². The topological polar surface area (TPSA) is 53.8 Å². The first-order valence-corrected chi connectivity index (χ1v) is 8.82. The Morgan fingerprint density at radius 2 is 1.96 bits per heavy atom. The molecule has 1 aromatic rings. The Morgan fingerprint density at radius 3 is 2.67 bits per heavy atom. The summed E-state index contributed by atoms with van der Waals surface area (Å²) in [5.74, 6) is 0.291. The minimum Gasteiger partial charge on any atom is -0.459 e. The Hall–Kier alpha value is -1.85. The van der Waals surface area contributed by atoms with E-state index in [9.17, 15) is 14.0 Å². The third kappa shape index (κ3) is 2.72. The lowest BCUT2D eigenvalue weighted by molar-refractivity contribution is -0.139. The molecule has 3 fully saturated rings. The first-order valence-electron chi connectivity index (χ1n) is 8.82. The summed E-state index contributed by atoms with van der Waals surface area (Å²) in [4.78, 5) is 28.7. The summed E-state index contributed by atoms with van der Waals surface area (Å²) in [6, 6.07) is 3.41. The highest BCUT2D eigenvalue weighted by Crippen LogP contribution is 2.41. The molecular weight excluding hydrogens is 311 g/mol. The summed E-state index contributed by atoms with van der Waals surface area (Å²) >= 11 is 0. The number of amides is 2. The number of furan rings is 1. The van der Waals surface area contributed by atoms with Crippen molar-refractivity contribution >= 4 is 11.8 Å². The van der Waals surface area contributed by atoms with Gasteiger partial charge in [0.1, 0.15) is 6.17 Å². The van der Waals surface area contributed by atoms with Crippen LogP contribution in [0, 0.1) is 11.3 Å². The van der Waals surface area contributed by atoms with Gasteiger partial charge in [-0.3, -0.25) is 9.59 Å². The molecule has 24 heavy (non-hydrogen) atoms. The van der Waals surface area contributed by atoms with Gasteiger partial charge in [-0.15, -0.1) is 0 Å². The fraction of sp³-hybridized carbons (Fsp3) is 0.667. The predicted octanol–water partition coefficient (Wildman–Crippen LogP) is 2.48. The zero-order chi connectivity index (χ0) is 16.7. The van der Waals surface area contributed by atoms with Crippen LogP contribution in [0.25, 0.3) is 0 Å². The molecule has 1 aliphatic carbocycles. The molecule has 3 heterocycles. The number of likely N-dealkylation sites (tertiary alicyclic amines) is 2. The van der Waals surface area contributed by atoms with Crippen molar-refractivity contribution in [2.75, 3.05) is 26.2 Å². The van der Waals surface area contributed by atoms with Gasteiger partial charge < -0.3 is 14.2 Å². The first-order chi connectivity index (χ1) is 11.6. The fourth-order valence-corrected chi connectivity index (χ4v) is 4.40. The number of hydrogen-bond acceptors (Lipinski definition) is 3. The molecule has 1 atom stereocenters. The quantitative estimate of drug-likeness (QED) is 0.835. The molecule has 2 saturated heterocycles. The van der Waals surface area contributed by atoms with Gasteiger partial charge in [-0.1, -0.05) is 0 Å². The SMILES string of the molecule is O=C(c1ccco1)N1CCCC2(CCN(C(=O)C3CC(F)C3)C2)C1. The molecule has 0 N–H and O–H groups in total. The van der Waals surface area contributed by atoms with E-state index < -0.39 is 6.17 Å². The zero-order valence-corrected chi connectivity index (χ0v) is 13.7. The molecule has 1 unspecified atom stereocenters. The van der Waals surface area contributed by atoms with E-state index in [1.165, 1.54) is 6.26 Å². The van der Waals surface area contributed by atoms with E-state index in [1.54, 1.807) is 12.1 Å². The minimum atomic E-state index is -0.799. The highest BCUT2D eigenvalue weighted by Gasteiger charge is 2.46. The van der Waals surface area contributed by atoms with E-state index in [-0.39, 0.29) is 23.1 Å². The second kappa shape index (κ2) is 5.90. The average Bonchev–Trinajstić information content (AvgIpc) is 3.21. The average molecular weight is 334 g/mol. The monoisotopic (exact) mass is 334 g/mol. The Balaban J connectivity index is 1.40. The van der Waals surface area contributed by atoms with Gasteiger partial charge in [-0.2, -0.15) is 0 Å². The van der Waals surface area contributed by atoms with Crippen molar-refractivity contribution in [3.63, 3.8) is 0 Å². The summed E-state index contributed by atoms with van der Waals surface area (Å²) in [5.41, 5.74) is -0.00493. The smallest absolute Gasteiger partial charge is 0.289 e. The Kier molecular flexibility index (Phi) is 3.85. The zero-order valence-electron chi connectivity index (χ0n) is 13.7. The van der Waals surface area contributed by atoms with Crippen LogP contribution in [-0.2, 0) is 4.79 Å². The largest absolute Gasteiger partial charge is 0.459 e. The lowest BCUT2D eigenvalue weighted by Crippen LogP contribution is -2.48. The lowest BCUT2D eigenvalue weighted by atomic mass is 9.79. The molecule has 4 rings (SSSR count). The summed E-state index contributed by atoms with van der Waals surface area (Å²) in [7, 11) is 0. The van der Waals surface area contributed by atoms with Crippen LogP contribution in [0.4, 0.5) is 4.39 Å². The molecule has 0 radical (unpaired) electrons. The van der Waals surface area contributed by atoms with Crippen molar-refractivity contribution in [3.05, 3.63) is 24.2 Å². The van der Waals surface area contributed by atoms with Crippen molar-refractivity contribution < 1.29 is 18.4 Å². The number of carbonyl (C=O) groups excluding carboxylic acids is 2. The lowest BCUT2D eigenvalue weighted by Gasteiger charge is -2.40. The number of alkyl halides is 1. The minimum absolute atomic E-state index is 0.00493. The van der Waals surface area contributed by atoms with Gasteiger partial charge in [0.05, 0.1) is 6.26 Å². The van der Waals surface area contributed by atoms with Gasteiger partial charge in [0, 0.05) is 37.5 Å². The number of rotatable bonds is 2. The van der Waals surface area contributed by atoms with Gasteiger partial charge in [0.25, 0.3) is 5.91 Å². The Morgan fingerprint density at radius 1 is 1.17 bits per heavy atom. The van der Waals surface area contributed by atoms with E-state index in [2.05, 4.69) is 0 Å². The Bertz CT molecular complexity index is 626. The number of hydrogen-bond donors (Lipinski definition) is 0. The number of carbonyl (C=O) groups is 2. The molecule has 130 valence electrons. The molecule has 6 heteroatoms. The van der Waals surface area contributed by atoms with Crippen LogP contribution >= 0.6 is 0 Å². The van der Waals surface area contributed by atoms with Crippen LogP contribution in [0.2, 0.25) is 0 Å². The second-order valence-corrected chi connectivity index (χ2v) is 7.58. The predicted molar refractivity (Wildman–Crippen MR) is 85.1 cm³/mol. The molecule has 5 nitrogen and oxygen atoms in total. The molecule has 3 aliphatic rings. The fourth-order valence-electron chi connectivity index (χ4n) is 4.40. The van der Waals surface area contributed by atoms with Crippen LogP contribution in [0.1, 0.15) is 42.7 Å². The molecule has 0 aromatic carbocycles. The summed E-state index contributed by atoms with van der Waals surface area (Å²) in [6.07, 6.45) is 4.38. The van der Waals surface area contributed by atoms with Gasteiger partial charge in [0.15, 0.2) is 5.76 Å². The Labute approximate surface area is 140 Å². The molecular formula is C18H23FN2O3. The molecule has 0 bridgehead atoms.